The zero-order valence-electron chi connectivity index (χ0n) is 33.6. The fraction of sp³-hybridized carbons (Fsp3) is 0. The van der Waals surface area contributed by atoms with Crippen molar-refractivity contribution in [3.05, 3.63) is 224 Å². The van der Waals surface area contributed by atoms with Gasteiger partial charge in [0.25, 0.3) is 0 Å². The molecule has 0 saturated carbocycles. The minimum Gasteiger partial charge on any atom is -0.309 e. The third-order valence-electron chi connectivity index (χ3n) is 12.0. The van der Waals surface area contributed by atoms with Crippen LogP contribution in [0.3, 0.4) is 0 Å². The Bertz CT molecular complexity index is 3290. The smallest absolute Gasteiger partial charge is 0.164 e. The molecule has 0 unspecified atom stereocenters. The van der Waals surface area contributed by atoms with E-state index in [1.54, 1.807) is 0 Å². The standard InChI is InChI=1S/C57H37N5/c1-2-14-40(15-3-1)55-58-56(43-18-12-16-41(36-43)38-28-32-45(33-29-38)61-51-24-8-4-20-47(51)48-21-5-9-25-52(48)61)60-57(59-55)44-19-13-17-42(37-44)39-30-34-46(35-31-39)62-53-26-10-6-22-49(53)50-23-7-11-27-54(50)62/h1-37H. The van der Waals surface area contributed by atoms with Crippen LogP contribution in [0.4, 0.5) is 0 Å². The molecule has 0 N–H and O–H groups in total. The molecule has 62 heavy (non-hydrogen) atoms. The van der Waals surface area contributed by atoms with Crippen molar-refractivity contribution in [1.82, 2.24) is 24.1 Å². The van der Waals surface area contributed by atoms with Gasteiger partial charge in [-0.15, -0.1) is 0 Å². The van der Waals surface area contributed by atoms with Crippen molar-refractivity contribution >= 4 is 43.6 Å². The predicted molar refractivity (Wildman–Crippen MR) is 256 cm³/mol. The van der Waals surface area contributed by atoms with Crippen molar-refractivity contribution in [1.29, 1.82) is 0 Å². The molecular formula is C57H37N5. The van der Waals surface area contributed by atoms with E-state index in [4.69, 9.17) is 15.0 Å². The van der Waals surface area contributed by atoms with Gasteiger partial charge in [-0.1, -0.05) is 164 Å². The van der Waals surface area contributed by atoms with E-state index >= 15 is 0 Å². The maximum atomic E-state index is 5.15. The van der Waals surface area contributed by atoms with Gasteiger partial charge in [0, 0.05) is 49.6 Å². The van der Waals surface area contributed by atoms with E-state index < -0.39 is 0 Å². The van der Waals surface area contributed by atoms with Gasteiger partial charge >= 0.3 is 0 Å². The third kappa shape index (κ3) is 6.06. The summed E-state index contributed by atoms with van der Waals surface area (Å²) in [5.41, 5.74) is 14.2. The molecule has 0 fully saturated rings. The predicted octanol–water partition coefficient (Wildman–Crippen LogP) is 14.4. The number of benzene rings is 9. The first-order valence-corrected chi connectivity index (χ1v) is 20.9. The first kappa shape index (κ1) is 35.5. The molecule has 0 aliphatic carbocycles. The number of hydrogen-bond acceptors (Lipinski definition) is 3. The van der Waals surface area contributed by atoms with Crippen molar-refractivity contribution < 1.29 is 0 Å². The van der Waals surface area contributed by atoms with Gasteiger partial charge in [0.2, 0.25) is 0 Å². The number of para-hydroxylation sites is 4. The molecule has 5 heteroatoms. The Hall–Kier alpha value is -8.41. The molecule has 3 aromatic heterocycles. The number of hydrogen-bond donors (Lipinski definition) is 0. The van der Waals surface area contributed by atoms with Crippen LogP contribution < -0.4 is 0 Å². The van der Waals surface area contributed by atoms with E-state index in [1.165, 1.54) is 43.6 Å². The highest BCUT2D eigenvalue weighted by Crippen LogP contribution is 2.36. The second-order valence-corrected chi connectivity index (χ2v) is 15.7. The fourth-order valence-corrected chi connectivity index (χ4v) is 9.03. The average molecular weight is 792 g/mol. The third-order valence-corrected chi connectivity index (χ3v) is 12.0. The van der Waals surface area contributed by atoms with Gasteiger partial charge in [-0.05, 0) is 82.9 Å². The molecule has 0 radical (unpaired) electrons. The van der Waals surface area contributed by atoms with Crippen LogP contribution in [0.1, 0.15) is 0 Å². The van der Waals surface area contributed by atoms with Crippen LogP contribution in [0, 0.1) is 0 Å². The van der Waals surface area contributed by atoms with Crippen LogP contribution >= 0.6 is 0 Å². The van der Waals surface area contributed by atoms with E-state index in [0.717, 1.165) is 50.3 Å². The van der Waals surface area contributed by atoms with Gasteiger partial charge in [0.1, 0.15) is 0 Å². The highest BCUT2D eigenvalue weighted by molar-refractivity contribution is 6.10. The minimum atomic E-state index is 0.624. The second-order valence-electron chi connectivity index (χ2n) is 15.7. The summed E-state index contributed by atoms with van der Waals surface area (Å²) >= 11 is 0. The largest absolute Gasteiger partial charge is 0.309 e. The lowest BCUT2D eigenvalue weighted by Crippen LogP contribution is -2.00. The molecule has 5 nitrogen and oxygen atoms in total. The number of fused-ring (bicyclic) bond motifs is 6. The summed E-state index contributed by atoms with van der Waals surface area (Å²) in [7, 11) is 0. The second kappa shape index (κ2) is 14.7. The van der Waals surface area contributed by atoms with E-state index in [1.807, 2.05) is 30.3 Å². The first-order valence-electron chi connectivity index (χ1n) is 20.9. The van der Waals surface area contributed by atoms with Gasteiger partial charge < -0.3 is 9.13 Å². The Morgan fingerprint density at radius 2 is 0.532 bits per heavy atom. The topological polar surface area (TPSA) is 48.5 Å². The highest BCUT2D eigenvalue weighted by atomic mass is 15.0. The van der Waals surface area contributed by atoms with Crippen LogP contribution in [0.25, 0.3) is 111 Å². The van der Waals surface area contributed by atoms with E-state index in [2.05, 4.69) is 203 Å². The van der Waals surface area contributed by atoms with Crippen molar-refractivity contribution in [3.8, 4) is 67.8 Å². The quantitative estimate of drug-likeness (QED) is 0.162. The molecule has 0 bridgehead atoms. The lowest BCUT2D eigenvalue weighted by molar-refractivity contribution is 1.07. The summed E-state index contributed by atoms with van der Waals surface area (Å²) in [6, 6.07) is 79.2. The van der Waals surface area contributed by atoms with Crippen molar-refractivity contribution in [3.63, 3.8) is 0 Å². The summed E-state index contributed by atoms with van der Waals surface area (Å²) in [5.74, 6) is 1.88. The van der Waals surface area contributed by atoms with Gasteiger partial charge in [-0.25, -0.2) is 15.0 Å². The summed E-state index contributed by atoms with van der Waals surface area (Å²) < 4.78 is 4.69. The molecule has 0 saturated heterocycles. The van der Waals surface area contributed by atoms with E-state index in [0.29, 0.717) is 17.5 Å². The fourth-order valence-electron chi connectivity index (χ4n) is 9.03. The van der Waals surface area contributed by atoms with Gasteiger partial charge in [-0.2, -0.15) is 0 Å². The Balaban J connectivity index is 0.897. The van der Waals surface area contributed by atoms with Gasteiger partial charge in [0.15, 0.2) is 17.5 Å². The Morgan fingerprint density at radius 3 is 0.919 bits per heavy atom. The molecule has 0 spiro atoms. The van der Waals surface area contributed by atoms with E-state index in [9.17, 15) is 0 Å². The van der Waals surface area contributed by atoms with E-state index in [-0.39, 0.29) is 0 Å². The molecule has 12 aromatic rings. The Morgan fingerprint density at radius 1 is 0.226 bits per heavy atom. The molecule has 0 amide bonds. The zero-order valence-corrected chi connectivity index (χ0v) is 33.6. The number of aromatic nitrogens is 5. The van der Waals surface area contributed by atoms with Gasteiger partial charge in [-0.3, -0.25) is 0 Å². The average Bonchev–Trinajstić information content (AvgIpc) is 3.87. The maximum Gasteiger partial charge on any atom is 0.164 e. The normalized spacial score (nSPS) is 11.5. The molecule has 3 heterocycles. The summed E-state index contributed by atoms with van der Waals surface area (Å²) in [4.78, 5) is 15.3. The van der Waals surface area contributed by atoms with Crippen LogP contribution in [-0.2, 0) is 0 Å². The van der Waals surface area contributed by atoms with Crippen LogP contribution in [0.5, 0.6) is 0 Å². The molecule has 12 rings (SSSR count). The van der Waals surface area contributed by atoms with Crippen LogP contribution in [0.15, 0.2) is 224 Å². The maximum absolute atomic E-state index is 5.15. The molecule has 9 aromatic carbocycles. The zero-order chi connectivity index (χ0) is 41.0. The monoisotopic (exact) mass is 791 g/mol. The van der Waals surface area contributed by atoms with Gasteiger partial charge in [0.05, 0.1) is 22.1 Å². The summed E-state index contributed by atoms with van der Waals surface area (Å²) in [5, 5.41) is 5.01. The van der Waals surface area contributed by atoms with Crippen molar-refractivity contribution in [2.45, 2.75) is 0 Å². The Labute approximate surface area is 358 Å². The highest BCUT2D eigenvalue weighted by Gasteiger charge is 2.16. The molecule has 0 atom stereocenters. The lowest BCUT2D eigenvalue weighted by atomic mass is 10.0. The van der Waals surface area contributed by atoms with Crippen LogP contribution in [-0.4, -0.2) is 24.1 Å². The Kier molecular flexibility index (Phi) is 8.42. The number of nitrogens with zero attached hydrogens (tertiary/aromatic N) is 5. The molecule has 290 valence electrons. The van der Waals surface area contributed by atoms with Crippen molar-refractivity contribution in [2.75, 3.05) is 0 Å². The molecular weight excluding hydrogens is 755 g/mol. The number of rotatable bonds is 7. The minimum absolute atomic E-state index is 0.624. The summed E-state index contributed by atoms with van der Waals surface area (Å²) in [6.45, 7) is 0. The first-order chi connectivity index (χ1) is 30.7. The molecule has 0 aliphatic heterocycles. The van der Waals surface area contributed by atoms with Crippen molar-refractivity contribution in [2.24, 2.45) is 0 Å². The lowest BCUT2D eigenvalue weighted by Gasteiger charge is -2.12. The van der Waals surface area contributed by atoms with Crippen LogP contribution in [0.2, 0.25) is 0 Å². The SMILES string of the molecule is c1ccc(-c2nc(-c3cccc(-c4ccc(-n5c6ccccc6c6ccccc65)cc4)c3)nc(-c3cccc(-c4ccc(-n5c6ccccc6c6ccccc65)cc4)c3)n2)cc1. The summed E-state index contributed by atoms with van der Waals surface area (Å²) in [6.07, 6.45) is 0. The molecule has 0 aliphatic rings.